The smallest absolute Gasteiger partial charge is 0.238 e. The number of sulfonamides is 1. The lowest BCUT2D eigenvalue weighted by Gasteiger charge is -2.05. The second-order valence-corrected chi connectivity index (χ2v) is 6.94. The largest absolute Gasteiger partial charge is 0.507 e. The van der Waals surface area contributed by atoms with Crippen LogP contribution in [-0.2, 0) is 16.6 Å². The molecule has 0 unspecified atom stereocenters. The molecule has 3 N–H and O–H groups in total. The van der Waals surface area contributed by atoms with Crippen molar-refractivity contribution >= 4 is 27.0 Å². The van der Waals surface area contributed by atoms with Crippen LogP contribution >= 0.6 is 0 Å². The highest BCUT2D eigenvalue weighted by molar-refractivity contribution is 7.89. The Labute approximate surface area is 140 Å². The van der Waals surface area contributed by atoms with Crippen LogP contribution in [0.5, 0.6) is 5.75 Å². The molecule has 0 amide bonds. The van der Waals surface area contributed by atoms with Gasteiger partial charge in [-0.3, -0.25) is 4.99 Å². The maximum Gasteiger partial charge on any atom is 0.238 e. The van der Waals surface area contributed by atoms with E-state index in [1.165, 1.54) is 12.1 Å². The zero-order chi connectivity index (χ0) is 17.2. The summed E-state index contributed by atoms with van der Waals surface area (Å²) in [7, 11) is -3.68. The van der Waals surface area contributed by atoms with E-state index >= 15 is 0 Å². The summed E-state index contributed by atoms with van der Waals surface area (Å²) in [6.07, 6.45) is 1.63. The molecule has 0 radical (unpaired) electrons. The number of primary sulfonamides is 1. The minimum Gasteiger partial charge on any atom is -0.507 e. The van der Waals surface area contributed by atoms with Gasteiger partial charge in [0.15, 0.2) is 0 Å². The molecule has 0 aliphatic rings. The number of phenolic OH excluding ortho intramolecular Hbond substituents is 1. The molecule has 3 aromatic rings. The predicted molar refractivity (Wildman–Crippen MR) is 94.7 cm³/mol. The van der Waals surface area contributed by atoms with Crippen molar-refractivity contribution in [1.29, 1.82) is 0 Å². The zero-order valence-corrected chi connectivity index (χ0v) is 13.6. The molecule has 3 rings (SSSR count). The van der Waals surface area contributed by atoms with Gasteiger partial charge in [0.1, 0.15) is 5.75 Å². The van der Waals surface area contributed by atoms with Crippen molar-refractivity contribution in [3.63, 3.8) is 0 Å². The summed E-state index contributed by atoms with van der Waals surface area (Å²) in [5, 5.41) is 17.1. The van der Waals surface area contributed by atoms with Gasteiger partial charge in [0.2, 0.25) is 10.0 Å². The van der Waals surface area contributed by atoms with Crippen LogP contribution in [0.4, 0.5) is 0 Å². The summed E-state index contributed by atoms with van der Waals surface area (Å²) in [6, 6.07) is 17.5. The predicted octanol–water partition coefficient (Wildman–Crippen LogP) is 2.81. The van der Waals surface area contributed by atoms with Crippen LogP contribution in [0.2, 0.25) is 0 Å². The van der Waals surface area contributed by atoms with Gasteiger partial charge in [-0.25, -0.2) is 13.6 Å². The summed E-state index contributed by atoms with van der Waals surface area (Å²) in [5.41, 5.74) is 1.51. The van der Waals surface area contributed by atoms with E-state index in [-0.39, 0.29) is 10.6 Å². The summed E-state index contributed by atoms with van der Waals surface area (Å²) >= 11 is 0. The van der Waals surface area contributed by atoms with Crippen molar-refractivity contribution in [3.8, 4) is 5.75 Å². The highest BCUT2D eigenvalue weighted by Crippen LogP contribution is 2.25. The van der Waals surface area contributed by atoms with Crippen LogP contribution in [0.1, 0.15) is 11.1 Å². The number of aliphatic imine (C=N–C) groups is 1. The third-order valence-corrected chi connectivity index (χ3v) is 4.62. The number of nitrogens with zero attached hydrogens (tertiary/aromatic N) is 1. The van der Waals surface area contributed by atoms with Crippen molar-refractivity contribution < 1.29 is 13.5 Å². The molecule has 0 aliphatic heterocycles. The molecule has 0 aromatic heterocycles. The molecule has 122 valence electrons. The van der Waals surface area contributed by atoms with Crippen molar-refractivity contribution in [2.24, 2.45) is 10.1 Å². The topological polar surface area (TPSA) is 92.8 Å². The zero-order valence-electron chi connectivity index (χ0n) is 12.8. The lowest BCUT2D eigenvalue weighted by Crippen LogP contribution is -2.11. The van der Waals surface area contributed by atoms with Gasteiger partial charge in [-0.05, 0) is 34.5 Å². The number of aromatic hydroxyl groups is 1. The van der Waals surface area contributed by atoms with E-state index in [0.29, 0.717) is 12.1 Å². The second kappa shape index (κ2) is 6.43. The summed E-state index contributed by atoms with van der Waals surface area (Å²) in [6.45, 7) is 0.369. The Bertz CT molecular complexity index is 1010. The molecule has 0 heterocycles. The van der Waals surface area contributed by atoms with Gasteiger partial charge in [-0.1, -0.05) is 42.5 Å². The number of rotatable bonds is 4. The third-order valence-electron chi connectivity index (χ3n) is 3.69. The molecule has 0 aliphatic carbocycles. The molecule has 24 heavy (non-hydrogen) atoms. The highest BCUT2D eigenvalue weighted by atomic mass is 32.2. The quantitative estimate of drug-likeness (QED) is 0.715. The van der Waals surface area contributed by atoms with E-state index in [2.05, 4.69) is 4.99 Å². The summed E-state index contributed by atoms with van der Waals surface area (Å²) in [5.74, 6) is 0.169. The van der Waals surface area contributed by atoms with Gasteiger partial charge in [0, 0.05) is 11.8 Å². The monoisotopic (exact) mass is 340 g/mol. The fourth-order valence-electron chi connectivity index (χ4n) is 2.45. The van der Waals surface area contributed by atoms with Crippen LogP contribution < -0.4 is 5.14 Å². The molecule has 0 saturated carbocycles. The maximum atomic E-state index is 11.2. The van der Waals surface area contributed by atoms with Gasteiger partial charge in [-0.2, -0.15) is 0 Å². The first kappa shape index (κ1) is 16.2. The molecular weight excluding hydrogens is 324 g/mol. The average molecular weight is 340 g/mol. The fraction of sp³-hybridized carbons (Fsp3) is 0.0556. The minimum atomic E-state index is -3.68. The van der Waals surface area contributed by atoms with Crippen molar-refractivity contribution in [2.75, 3.05) is 0 Å². The lowest BCUT2D eigenvalue weighted by atomic mass is 10.0. The van der Waals surface area contributed by atoms with Crippen LogP contribution in [0.3, 0.4) is 0 Å². The third kappa shape index (κ3) is 3.45. The van der Waals surface area contributed by atoms with Crippen LogP contribution in [-0.4, -0.2) is 19.7 Å². The van der Waals surface area contributed by atoms with E-state index in [4.69, 9.17) is 5.14 Å². The standard InChI is InChI=1S/C18H16N2O3S/c19-24(22,23)15-8-5-13(6-9-15)11-20-12-17-16-4-2-1-3-14(16)7-10-18(17)21/h1-10,12,21H,11H2,(H2,19,22,23). The Morgan fingerprint density at radius 2 is 1.71 bits per heavy atom. The Morgan fingerprint density at radius 1 is 1.00 bits per heavy atom. The molecule has 0 saturated heterocycles. The van der Waals surface area contributed by atoms with Gasteiger partial charge < -0.3 is 5.11 Å². The molecule has 3 aromatic carbocycles. The highest BCUT2D eigenvalue weighted by Gasteiger charge is 2.07. The SMILES string of the molecule is NS(=O)(=O)c1ccc(CN=Cc2c(O)ccc3ccccc23)cc1. The second-order valence-electron chi connectivity index (χ2n) is 5.38. The molecule has 0 fully saturated rings. The number of phenols is 1. The Kier molecular flexibility index (Phi) is 4.33. The summed E-state index contributed by atoms with van der Waals surface area (Å²) < 4.78 is 22.5. The molecule has 0 atom stereocenters. The van der Waals surface area contributed by atoms with Crippen LogP contribution in [0.25, 0.3) is 10.8 Å². The first-order valence-electron chi connectivity index (χ1n) is 7.27. The van der Waals surface area contributed by atoms with Crippen molar-refractivity contribution in [1.82, 2.24) is 0 Å². The number of hydrogen-bond acceptors (Lipinski definition) is 4. The fourth-order valence-corrected chi connectivity index (χ4v) is 2.96. The Balaban J connectivity index is 1.83. The normalized spacial score (nSPS) is 12.0. The average Bonchev–Trinajstić information content (AvgIpc) is 2.56. The van der Waals surface area contributed by atoms with E-state index < -0.39 is 10.0 Å². The van der Waals surface area contributed by atoms with Crippen molar-refractivity contribution in [2.45, 2.75) is 11.4 Å². The molecular formula is C18H16N2O3S. The minimum absolute atomic E-state index is 0.0712. The Hall–Kier alpha value is -2.70. The first-order chi connectivity index (χ1) is 11.4. The van der Waals surface area contributed by atoms with Gasteiger partial charge >= 0.3 is 0 Å². The number of hydrogen-bond donors (Lipinski definition) is 2. The van der Waals surface area contributed by atoms with Gasteiger partial charge in [0.05, 0.1) is 11.4 Å². The molecule has 6 heteroatoms. The lowest BCUT2D eigenvalue weighted by molar-refractivity contribution is 0.475. The molecule has 5 nitrogen and oxygen atoms in total. The van der Waals surface area contributed by atoms with Gasteiger partial charge in [0.25, 0.3) is 0 Å². The van der Waals surface area contributed by atoms with Crippen LogP contribution in [0, 0.1) is 0 Å². The summed E-state index contributed by atoms with van der Waals surface area (Å²) in [4.78, 5) is 4.42. The van der Waals surface area contributed by atoms with Crippen LogP contribution in [0.15, 0.2) is 70.6 Å². The van der Waals surface area contributed by atoms with E-state index in [9.17, 15) is 13.5 Å². The molecule has 0 bridgehead atoms. The molecule has 0 spiro atoms. The maximum absolute atomic E-state index is 11.2. The first-order valence-corrected chi connectivity index (χ1v) is 8.82. The number of nitrogens with two attached hydrogens (primary N) is 1. The number of benzene rings is 3. The van der Waals surface area contributed by atoms with E-state index in [0.717, 1.165) is 16.3 Å². The van der Waals surface area contributed by atoms with E-state index in [1.54, 1.807) is 24.4 Å². The Morgan fingerprint density at radius 3 is 2.42 bits per heavy atom. The van der Waals surface area contributed by atoms with Gasteiger partial charge in [-0.15, -0.1) is 0 Å². The number of fused-ring (bicyclic) bond motifs is 1. The van der Waals surface area contributed by atoms with E-state index in [1.807, 2.05) is 30.3 Å². The van der Waals surface area contributed by atoms with Crippen molar-refractivity contribution in [3.05, 3.63) is 71.8 Å².